The lowest BCUT2D eigenvalue weighted by atomic mass is 10.1. The summed E-state index contributed by atoms with van der Waals surface area (Å²) in [6.07, 6.45) is 0. The van der Waals surface area contributed by atoms with Gasteiger partial charge in [-0.25, -0.2) is 4.98 Å². The molecule has 0 aliphatic rings. The highest BCUT2D eigenvalue weighted by Gasteiger charge is 2.10. The standard InChI is InChI=1S/C16H14N2O2S/c1-10-3-5-11(6-4-10)15(19)18-16-17-13-9-12(20-2)7-8-14(13)21-16/h3-9H,1-2H3,(H,17,18,19). The average Bonchev–Trinajstić information content (AvgIpc) is 2.88. The Labute approximate surface area is 126 Å². The van der Waals surface area contributed by atoms with Gasteiger partial charge in [-0.1, -0.05) is 29.0 Å². The number of thiazole rings is 1. The number of carbonyl (C=O) groups excluding carboxylic acids is 1. The van der Waals surface area contributed by atoms with E-state index in [2.05, 4.69) is 10.3 Å². The number of fused-ring (bicyclic) bond motifs is 1. The molecule has 0 bridgehead atoms. The van der Waals surface area contributed by atoms with Crippen LogP contribution in [0, 0.1) is 6.92 Å². The molecule has 106 valence electrons. The minimum absolute atomic E-state index is 0.152. The lowest BCUT2D eigenvalue weighted by Crippen LogP contribution is -2.11. The van der Waals surface area contributed by atoms with Gasteiger partial charge < -0.3 is 4.74 Å². The van der Waals surface area contributed by atoms with Gasteiger partial charge in [0.25, 0.3) is 5.91 Å². The number of hydrogen-bond acceptors (Lipinski definition) is 4. The van der Waals surface area contributed by atoms with Crippen LogP contribution in [-0.2, 0) is 0 Å². The van der Waals surface area contributed by atoms with Gasteiger partial charge in [-0.2, -0.15) is 0 Å². The Morgan fingerprint density at radius 2 is 1.95 bits per heavy atom. The van der Waals surface area contributed by atoms with E-state index in [4.69, 9.17) is 4.74 Å². The van der Waals surface area contributed by atoms with Crippen molar-refractivity contribution in [1.82, 2.24) is 4.98 Å². The van der Waals surface area contributed by atoms with Crippen molar-refractivity contribution >= 4 is 32.6 Å². The second-order valence-electron chi connectivity index (χ2n) is 4.67. The van der Waals surface area contributed by atoms with E-state index >= 15 is 0 Å². The molecule has 0 aliphatic carbocycles. The molecule has 0 radical (unpaired) electrons. The number of aromatic nitrogens is 1. The van der Waals surface area contributed by atoms with E-state index in [0.29, 0.717) is 10.7 Å². The van der Waals surface area contributed by atoms with Gasteiger partial charge in [-0.15, -0.1) is 0 Å². The molecular formula is C16H14N2O2S. The Hall–Kier alpha value is -2.40. The molecule has 5 heteroatoms. The molecule has 0 saturated carbocycles. The Morgan fingerprint density at radius 1 is 1.19 bits per heavy atom. The Balaban J connectivity index is 1.84. The van der Waals surface area contributed by atoms with Crippen molar-refractivity contribution in [2.75, 3.05) is 12.4 Å². The number of anilines is 1. The predicted octanol–water partition coefficient (Wildman–Crippen LogP) is 3.87. The summed E-state index contributed by atoms with van der Waals surface area (Å²) >= 11 is 1.44. The highest BCUT2D eigenvalue weighted by molar-refractivity contribution is 7.22. The van der Waals surface area contributed by atoms with Gasteiger partial charge >= 0.3 is 0 Å². The first-order valence-electron chi connectivity index (χ1n) is 6.48. The van der Waals surface area contributed by atoms with Crippen LogP contribution in [0.3, 0.4) is 0 Å². The molecule has 1 N–H and O–H groups in total. The highest BCUT2D eigenvalue weighted by Crippen LogP contribution is 2.29. The fourth-order valence-corrected chi connectivity index (χ4v) is 2.80. The molecular weight excluding hydrogens is 284 g/mol. The molecule has 0 spiro atoms. The van der Waals surface area contributed by atoms with Crippen molar-refractivity contribution in [2.24, 2.45) is 0 Å². The maximum atomic E-state index is 12.2. The minimum Gasteiger partial charge on any atom is -0.497 e. The van der Waals surface area contributed by atoms with Crippen LogP contribution in [0.4, 0.5) is 5.13 Å². The monoisotopic (exact) mass is 298 g/mol. The van der Waals surface area contributed by atoms with Crippen LogP contribution in [0.2, 0.25) is 0 Å². The maximum absolute atomic E-state index is 12.2. The largest absolute Gasteiger partial charge is 0.497 e. The molecule has 1 amide bonds. The quantitative estimate of drug-likeness (QED) is 0.798. The van der Waals surface area contributed by atoms with E-state index < -0.39 is 0 Å². The van der Waals surface area contributed by atoms with Crippen LogP contribution in [0.5, 0.6) is 5.75 Å². The molecule has 3 aromatic rings. The van der Waals surface area contributed by atoms with Crippen molar-refractivity contribution in [2.45, 2.75) is 6.92 Å². The van der Waals surface area contributed by atoms with E-state index in [1.54, 1.807) is 19.2 Å². The van der Waals surface area contributed by atoms with E-state index in [1.165, 1.54) is 11.3 Å². The van der Waals surface area contributed by atoms with Gasteiger partial charge in [0.05, 0.1) is 17.3 Å². The summed E-state index contributed by atoms with van der Waals surface area (Å²) in [5, 5.41) is 3.42. The Kier molecular flexibility index (Phi) is 3.58. The smallest absolute Gasteiger partial charge is 0.257 e. The SMILES string of the molecule is COc1ccc2sc(NC(=O)c3ccc(C)cc3)nc2c1. The maximum Gasteiger partial charge on any atom is 0.257 e. The van der Waals surface area contributed by atoms with Gasteiger partial charge in [0.15, 0.2) is 5.13 Å². The van der Waals surface area contributed by atoms with Gasteiger partial charge in [-0.05, 0) is 31.2 Å². The van der Waals surface area contributed by atoms with Gasteiger partial charge in [0.2, 0.25) is 0 Å². The molecule has 21 heavy (non-hydrogen) atoms. The lowest BCUT2D eigenvalue weighted by Gasteiger charge is -2.01. The van der Waals surface area contributed by atoms with Crippen LogP contribution in [0.1, 0.15) is 15.9 Å². The number of nitrogens with one attached hydrogen (secondary N) is 1. The molecule has 0 fully saturated rings. The number of hydrogen-bond donors (Lipinski definition) is 1. The molecule has 1 heterocycles. The third-order valence-electron chi connectivity index (χ3n) is 3.13. The summed E-state index contributed by atoms with van der Waals surface area (Å²) in [6.45, 7) is 1.99. The summed E-state index contributed by atoms with van der Waals surface area (Å²) in [6, 6.07) is 13.1. The number of nitrogens with zero attached hydrogens (tertiary/aromatic N) is 1. The average molecular weight is 298 g/mol. The van der Waals surface area contributed by atoms with Crippen LogP contribution >= 0.6 is 11.3 Å². The van der Waals surface area contributed by atoms with Crippen molar-refractivity contribution in [3.05, 3.63) is 53.6 Å². The highest BCUT2D eigenvalue weighted by atomic mass is 32.1. The normalized spacial score (nSPS) is 10.6. The first kappa shape index (κ1) is 13.6. The lowest BCUT2D eigenvalue weighted by molar-refractivity contribution is 0.102. The first-order valence-corrected chi connectivity index (χ1v) is 7.30. The zero-order chi connectivity index (χ0) is 14.8. The second kappa shape index (κ2) is 5.54. The van der Waals surface area contributed by atoms with Gasteiger partial charge in [0.1, 0.15) is 5.75 Å². The van der Waals surface area contributed by atoms with E-state index in [-0.39, 0.29) is 5.91 Å². The van der Waals surface area contributed by atoms with Gasteiger partial charge in [-0.3, -0.25) is 10.1 Å². The molecule has 0 saturated heterocycles. The topological polar surface area (TPSA) is 51.2 Å². The number of amides is 1. The molecule has 1 aromatic heterocycles. The number of rotatable bonds is 3. The van der Waals surface area contributed by atoms with E-state index in [0.717, 1.165) is 21.5 Å². The number of aryl methyl sites for hydroxylation is 1. The number of ether oxygens (including phenoxy) is 1. The predicted molar refractivity (Wildman–Crippen MR) is 85.3 cm³/mol. The summed E-state index contributed by atoms with van der Waals surface area (Å²) in [4.78, 5) is 16.6. The van der Waals surface area contributed by atoms with Crippen molar-refractivity contribution in [3.8, 4) is 5.75 Å². The molecule has 2 aromatic carbocycles. The molecule has 0 aliphatic heterocycles. The number of methoxy groups -OCH3 is 1. The van der Waals surface area contributed by atoms with Crippen LogP contribution in [0.25, 0.3) is 10.2 Å². The van der Waals surface area contributed by atoms with Crippen LogP contribution in [0.15, 0.2) is 42.5 Å². The zero-order valence-corrected chi connectivity index (χ0v) is 12.5. The van der Waals surface area contributed by atoms with E-state index in [9.17, 15) is 4.79 Å². The zero-order valence-electron chi connectivity index (χ0n) is 11.7. The number of carbonyl (C=O) groups is 1. The van der Waals surface area contributed by atoms with E-state index in [1.807, 2.05) is 37.3 Å². The molecule has 4 nitrogen and oxygen atoms in total. The third kappa shape index (κ3) is 2.87. The Bertz CT molecular complexity index is 794. The van der Waals surface area contributed by atoms with Crippen molar-refractivity contribution in [3.63, 3.8) is 0 Å². The fourth-order valence-electron chi connectivity index (χ4n) is 1.96. The first-order chi connectivity index (χ1) is 10.2. The summed E-state index contributed by atoms with van der Waals surface area (Å²) in [5.41, 5.74) is 2.56. The van der Waals surface area contributed by atoms with Crippen molar-refractivity contribution in [1.29, 1.82) is 0 Å². The molecule has 0 unspecified atom stereocenters. The van der Waals surface area contributed by atoms with Crippen molar-refractivity contribution < 1.29 is 9.53 Å². The molecule has 0 atom stereocenters. The summed E-state index contributed by atoms with van der Waals surface area (Å²) in [7, 11) is 1.62. The van der Waals surface area contributed by atoms with Crippen LogP contribution in [-0.4, -0.2) is 18.0 Å². The third-order valence-corrected chi connectivity index (χ3v) is 4.08. The molecule has 3 rings (SSSR count). The Morgan fingerprint density at radius 3 is 2.67 bits per heavy atom. The summed E-state index contributed by atoms with van der Waals surface area (Å²) in [5.74, 6) is 0.602. The second-order valence-corrected chi connectivity index (χ2v) is 5.70. The van der Waals surface area contributed by atoms with Crippen LogP contribution < -0.4 is 10.1 Å². The summed E-state index contributed by atoms with van der Waals surface area (Å²) < 4.78 is 6.18. The minimum atomic E-state index is -0.152. The van der Waals surface area contributed by atoms with Gasteiger partial charge in [0, 0.05) is 11.6 Å². The fraction of sp³-hybridized carbons (Fsp3) is 0.125. The number of benzene rings is 2.